The second-order valence-electron chi connectivity index (χ2n) is 6.84. The SMILES string of the molecule is CN1C(=O)[C@@H](NC(=O)c2ncn(Cc3ccccc3)n2)CCn2c1cccc2=O. The maximum Gasteiger partial charge on any atom is 0.291 e. The topological polar surface area (TPSA) is 102 Å². The van der Waals surface area contributed by atoms with Crippen molar-refractivity contribution in [3.8, 4) is 0 Å². The highest BCUT2D eigenvalue weighted by Crippen LogP contribution is 2.17. The lowest BCUT2D eigenvalue weighted by atomic mass is 10.2. The molecule has 1 aromatic carbocycles. The van der Waals surface area contributed by atoms with Crippen LogP contribution < -0.4 is 15.8 Å². The van der Waals surface area contributed by atoms with Crippen LogP contribution in [0.25, 0.3) is 0 Å². The molecule has 9 nitrogen and oxygen atoms in total. The number of hydrogen-bond donors (Lipinski definition) is 1. The molecule has 0 spiro atoms. The lowest BCUT2D eigenvalue weighted by molar-refractivity contribution is -0.120. The van der Waals surface area contributed by atoms with E-state index in [0.29, 0.717) is 25.3 Å². The van der Waals surface area contributed by atoms with Gasteiger partial charge in [-0.2, -0.15) is 0 Å². The Hall–Kier alpha value is -3.75. The number of amides is 2. The second kappa shape index (κ2) is 7.70. The van der Waals surface area contributed by atoms with Crippen LogP contribution >= 0.6 is 0 Å². The molecule has 3 heterocycles. The van der Waals surface area contributed by atoms with E-state index in [1.165, 1.54) is 21.9 Å². The largest absolute Gasteiger partial charge is 0.337 e. The van der Waals surface area contributed by atoms with E-state index in [1.807, 2.05) is 30.3 Å². The first-order valence-electron chi connectivity index (χ1n) is 9.24. The number of aromatic nitrogens is 4. The molecule has 4 rings (SSSR count). The fraction of sp³-hybridized carbons (Fsp3) is 0.250. The Labute approximate surface area is 166 Å². The standard InChI is InChI=1S/C20H20N6O3/c1-24-16-8-5-9-17(27)26(16)11-10-15(20(24)29)22-19(28)18-21-13-25(23-18)12-14-6-3-2-4-7-14/h2-9,13,15H,10-12H2,1H3,(H,22,28)/t15-/m0/s1. The number of carbonyl (C=O) groups is 2. The molecule has 1 N–H and O–H groups in total. The van der Waals surface area contributed by atoms with Crippen LogP contribution in [0.4, 0.5) is 5.82 Å². The highest BCUT2D eigenvalue weighted by Gasteiger charge is 2.30. The average Bonchev–Trinajstić information content (AvgIpc) is 3.15. The smallest absolute Gasteiger partial charge is 0.291 e. The number of hydrogen-bond acceptors (Lipinski definition) is 5. The summed E-state index contributed by atoms with van der Waals surface area (Å²) in [7, 11) is 1.59. The Morgan fingerprint density at radius 1 is 1.14 bits per heavy atom. The fourth-order valence-corrected chi connectivity index (χ4v) is 3.36. The molecule has 0 unspecified atom stereocenters. The Kier molecular flexibility index (Phi) is 4.94. The van der Waals surface area contributed by atoms with Gasteiger partial charge >= 0.3 is 0 Å². The van der Waals surface area contributed by atoms with Crippen molar-refractivity contribution in [2.24, 2.45) is 0 Å². The molecule has 0 saturated carbocycles. The van der Waals surface area contributed by atoms with Gasteiger partial charge in [0, 0.05) is 19.7 Å². The third-order valence-corrected chi connectivity index (χ3v) is 4.87. The first kappa shape index (κ1) is 18.6. The molecule has 0 aliphatic carbocycles. The zero-order chi connectivity index (χ0) is 20.4. The highest BCUT2D eigenvalue weighted by atomic mass is 16.2. The quantitative estimate of drug-likeness (QED) is 0.703. The molecule has 9 heteroatoms. The Bertz CT molecular complexity index is 1100. The van der Waals surface area contributed by atoms with Crippen molar-refractivity contribution in [3.63, 3.8) is 0 Å². The first-order valence-corrected chi connectivity index (χ1v) is 9.24. The van der Waals surface area contributed by atoms with Crippen LogP contribution in [0.2, 0.25) is 0 Å². The van der Waals surface area contributed by atoms with Gasteiger partial charge in [-0.1, -0.05) is 36.4 Å². The van der Waals surface area contributed by atoms with Crippen LogP contribution in [-0.4, -0.2) is 44.2 Å². The van der Waals surface area contributed by atoms with Crippen LogP contribution in [-0.2, 0) is 17.9 Å². The summed E-state index contributed by atoms with van der Waals surface area (Å²) in [5.74, 6) is -0.319. The lowest BCUT2D eigenvalue weighted by Gasteiger charge is -2.21. The molecule has 29 heavy (non-hydrogen) atoms. The van der Waals surface area contributed by atoms with Crippen molar-refractivity contribution in [1.82, 2.24) is 24.6 Å². The van der Waals surface area contributed by atoms with E-state index in [4.69, 9.17) is 0 Å². The van der Waals surface area contributed by atoms with E-state index in [1.54, 1.807) is 23.9 Å². The zero-order valence-corrected chi connectivity index (χ0v) is 15.9. The van der Waals surface area contributed by atoms with Crippen molar-refractivity contribution in [2.75, 3.05) is 11.9 Å². The third-order valence-electron chi connectivity index (χ3n) is 4.87. The summed E-state index contributed by atoms with van der Waals surface area (Å²) in [5.41, 5.74) is 0.851. The molecule has 1 aliphatic rings. The summed E-state index contributed by atoms with van der Waals surface area (Å²) >= 11 is 0. The summed E-state index contributed by atoms with van der Waals surface area (Å²) in [6, 6.07) is 13.7. The van der Waals surface area contributed by atoms with E-state index < -0.39 is 11.9 Å². The van der Waals surface area contributed by atoms with E-state index in [2.05, 4.69) is 15.4 Å². The lowest BCUT2D eigenvalue weighted by Crippen LogP contribution is -2.47. The van der Waals surface area contributed by atoms with Crippen molar-refractivity contribution in [2.45, 2.75) is 25.6 Å². The van der Waals surface area contributed by atoms with E-state index in [-0.39, 0.29) is 17.3 Å². The van der Waals surface area contributed by atoms with Crippen LogP contribution in [0.5, 0.6) is 0 Å². The molecule has 1 aliphatic heterocycles. The maximum atomic E-state index is 12.8. The highest BCUT2D eigenvalue weighted by molar-refractivity contribution is 6.00. The average molecular weight is 392 g/mol. The van der Waals surface area contributed by atoms with E-state index >= 15 is 0 Å². The van der Waals surface area contributed by atoms with Crippen LogP contribution in [0.15, 0.2) is 59.7 Å². The maximum absolute atomic E-state index is 12.8. The minimum Gasteiger partial charge on any atom is -0.337 e. The van der Waals surface area contributed by atoms with Gasteiger partial charge in [0.25, 0.3) is 11.5 Å². The number of fused-ring (bicyclic) bond motifs is 1. The van der Waals surface area contributed by atoms with Gasteiger partial charge in [0.15, 0.2) is 0 Å². The van der Waals surface area contributed by atoms with Crippen LogP contribution in [0.1, 0.15) is 22.6 Å². The summed E-state index contributed by atoms with van der Waals surface area (Å²) in [6.07, 6.45) is 1.79. The first-order chi connectivity index (χ1) is 14.0. The summed E-state index contributed by atoms with van der Waals surface area (Å²) < 4.78 is 3.09. The van der Waals surface area contributed by atoms with Gasteiger partial charge in [-0.15, -0.1) is 5.10 Å². The van der Waals surface area contributed by atoms with Gasteiger partial charge in [0.2, 0.25) is 11.7 Å². The molecule has 148 valence electrons. The Morgan fingerprint density at radius 2 is 1.93 bits per heavy atom. The van der Waals surface area contributed by atoms with Crippen molar-refractivity contribution < 1.29 is 9.59 Å². The van der Waals surface area contributed by atoms with Gasteiger partial charge in [0.1, 0.15) is 18.2 Å². The second-order valence-corrected chi connectivity index (χ2v) is 6.84. The third kappa shape index (κ3) is 3.79. The van der Waals surface area contributed by atoms with Gasteiger partial charge in [-0.25, -0.2) is 9.67 Å². The number of benzene rings is 1. The van der Waals surface area contributed by atoms with Gasteiger partial charge in [-0.05, 0) is 18.1 Å². The molecule has 0 saturated heterocycles. The molecular formula is C20H20N6O3. The van der Waals surface area contributed by atoms with Gasteiger partial charge in [0.05, 0.1) is 6.54 Å². The number of anilines is 1. The summed E-state index contributed by atoms with van der Waals surface area (Å²) in [5, 5.41) is 6.91. The van der Waals surface area contributed by atoms with Crippen LogP contribution in [0, 0.1) is 0 Å². The van der Waals surface area contributed by atoms with Crippen molar-refractivity contribution >= 4 is 17.6 Å². The van der Waals surface area contributed by atoms with Gasteiger partial charge < -0.3 is 5.32 Å². The van der Waals surface area contributed by atoms with Crippen LogP contribution in [0.3, 0.4) is 0 Å². The number of nitrogens with one attached hydrogen (secondary N) is 1. The number of pyridine rings is 1. The minimum absolute atomic E-state index is 0.00434. The normalized spacial score (nSPS) is 16.2. The van der Waals surface area contributed by atoms with Gasteiger partial charge in [-0.3, -0.25) is 23.9 Å². The summed E-state index contributed by atoms with van der Waals surface area (Å²) in [6.45, 7) is 0.816. The minimum atomic E-state index is -0.770. The number of nitrogens with zero attached hydrogens (tertiary/aromatic N) is 5. The Morgan fingerprint density at radius 3 is 2.72 bits per heavy atom. The molecule has 2 amide bonds. The van der Waals surface area contributed by atoms with E-state index in [9.17, 15) is 14.4 Å². The molecule has 0 radical (unpaired) electrons. The molecule has 0 fully saturated rings. The number of rotatable bonds is 4. The molecule has 1 atom stereocenters. The Balaban J connectivity index is 1.47. The predicted octanol–water partition coefficient (Wildman–Crippen LogP) is 0.653. The predicted molar refractivity (Wildman–Crippen MR) is 106 cm³/mol. The number of carbonyl (C=O) groups excluding carboxylic acids is 2. The molecular weight excluding hydrogens is 372 g/mol. The number of likely N-dealkylation sites (N-methyl/N-ethyl adjacent to an activating group) is 1. The monoisotopic (exact) mass is 392 g/mol. The fourth-order valence-electron chi connectivity index (χ4n) is 3.36. The molecule has 0 bridgehead atoms. The van der Waals surface area contributed by atoms with Crippen molar-refractivity contribution in [3.05, 3.63) is 76.6 Å². The van der Waals surface area contributed by atoms with E-state index in [0.717, 1.165) is 5.56 Å². The van der Waals surface area contributed by atoms with Crippen molar-refractivity contribution in [1.29, 1.82) is 0 Å². The molecule has 3 aromatic rings. The summed E-state index contributed by atoms with van der Waals surface area (Å²) in [4.78, 5) is 42.9. The molecule has 2 aromatic heterocycles. The zero-order valence-electron chi connectivity index (χ0n) is 15.9.